The molecule has 1 aromatic carbocycles. The van der Waals surface area contributed by atoms with Crippen LogP contribution in [0.4, 0.5) is 5.82 Å². The standard InChI is InChI=1S/C17H20ClN5O4S/c18-13-8-21-15(22-17(19)20)12-7-9(5-6-10(12)13)28(26,27)23-14-4-2-1-3-11(14)16(24)25/h5-8,11,14,23H,1-4H2,(H,24,25)(H4,19,20,21,22)/t11-,14-/m1/s1. The largest absolute Gasteiger partial charge is 0.481 e. The van der Waals surface area contributed by atoms with Crippen LogP contribution in [0.3, 0.4) is 0 Å². The average molecular weight is 426 g/mol. The van der Waals surface area contributed by atoms with Gasteiger partial charge in [-0.3, -0.25) is 4.79 Å². The van der Waals surface area contributed by atoms with Crippen molar-refractivity contribution >= 4 is 50.1 Å². The average Bonchev–Trinajstić information content (AvgIpc) is 2.63. The maximum Gasteiger partial charge on any atom is 0.308 e. The summed E-state index contributed by atoms with van der Waals surface area (Å²) in [6.45, 7) is 0. The number of carboxylic acid groups (broad SMARTS) is 1. The number of aliphatic imine (C=N–C) groups is 1. The molecular weight excluding hydrogens is 406 g/mol. The fourth-order valence-corrected chi connectivity index (χ4v) is 4.94. The first kappa shape index (κ1) is 20.3. The summed E-state index contributed by atoms with van der Waals surface area (Å²) in [5.41, 5.74) is 10.8. The molecule has 0 spiro atoms. The predicted molar refractivity (Wildman–Crippen MR) is 106 cm³/mol. The summed E-state index contributed by atoms with van der Waals surface area (Å²) in [4.78, 5) is 19.4. The third kappa shape index (κ3) is 4.18. The zero-order valence-electron chi connectivity index (χ0n) is 14.8. The number of aliphatic carboxylic acids is 1. The van der Waals surface area contributed by atoms with Crippen LogP contribution in [0.5, 0.6) is 0 Å². The van der Waals surface area contributed by atoms with Crippen LogP contribution >= 0.6 is 11.6 Å². The number of guanidine groups is 1. The van der Waals surface area contributed by atoms with E-state index in [9.17, 15) is 18.3 Å². The highest BCUT2D eigenvalue weighted by Crippen LogP contribution is 2.32. The molecule has 11 heteroatoms. The van der Waals surface area contributed by atoms with Crippen LogP contribution < -0.4 is 16.2 Å². The number of hydrogen-bond acceptors (Lipinski definition) is 5. The van der Waals surface area contributed by atoms with Crippen LogP contribution in [0.25, 0.3) is 10.8 Å². The van der Waals surface area contributed by atoms with Gasteiger partial charge in [0, 0.05) is 23.0 Å². The fraction of sp³-hybridized carbons (Fsp3) is 0.353. The smallest absolute Gasteiger partial charge is 0.308 e. The number of sulfonamides is 1. The lowest BCUT2D eigenvalue weighted by atomic mass is 9.85. The molecular formula is C17H20ClN5O4S. The lowest BCUT2D eigenvalue weighted by molar-refractivity contribution is -0.143. The number of aromatic nitrogens is 1. The van der Waals surface area contributed by atoms with Crippen LogP contribution in [0.1, 0.15) is 25.7 Å². The van der Waals surface area contributed by atoms with E-state index in [1.807, 2.05) is 0 Å². The molecule has 0 unspecified atom stereocenters. The van der Waals surface area contributed by atoms with E-state index >= 15 is 0 Å². The van der Waals surface area contributed by atoms with E-state index in [0.29, 0.717) is 28.6 Å². The number of nitrogens with one attached hydrogen (secondary N) is 1. The van der Waals surface area contributed by atoms with Gasteiger partial charge in [0.05, 0.1) is 15.8 Å². The Morgan fingerprint density at radius 3 is 2.64 bits per heavy atom. The molecule has 2 aromatic rings. The summed E-state index contributed by atoms with van der Waals surface area (Å²) >= 11 is 6.14. The SMILES string of the molecule is NC(N)=Nc1ncc(Cl)c2ccc(S(=O)(=O)N[C@@H]3CCCC[C@H]3C(=O)O)cc12. The van der Waals surface area contributed by atoms with Gasteiger partial charge in [-0.15, -0.1) is 0 Å². The molecule has 6 N–H and O–H groups in total. The highest BCUT2D eigenvalue weighted by molar-refractivity contribution is 7.89. The fourth-order valence-electron chi connectivity index (χ4n) is 3.39. The van der Waals surface area contributed by atoms with Crippen LogP contribution in [0, 0.1) is 5.92 Å². The number of fused-ring (bicyclic) bond motifs is 1. The van der Waals surface area contributed by atoms with Gasteiger partial charge in [-0.2, -0.15) is 4.99 Å². The summed E-state index contributed by atoms with van der Waals surface area (Å²) in [5.74, 6) is -1.85. The van der Waals surface area contributed by atoms with Crippen LogP contribution in [-0.4, -0.2) is 36.5 Å². The van der Waals surface area contributed by atoms with Gasteiger partial charge in [0.25, 0.3) is 0 Å². The Balaban J connectivity index is 2.02. The van der Waals surface area contributed by atoms with Crippen molar-refractivity contribution in [2.24, 2.45) is 22.4 Å². The first-order chi connectivity index (χ1) is 13.2. The van der Waals surface area contributed by atoms with Crippen LogP contribution in [0.15, 0.2) is 34.3 Å². The highest BCUT2D eigenvalue weighted by atomic mass is 35.5. The Kier molecular flexibility index (Phi) is 5.73. The molecule has 3 rings (SSSR count). The van der Waals surface area contributed by atoms with Crippen molar-refractivity contribution in [3.63, 3.8) is 0 Å². The molecule has 0 saturated heterocycles. The van der Waals surface area contributed by atoms with Gasteiger partial charge in [-0.25, -0.2) is 18.1 Å². The highest BCUT2D eigenvalue weighted by Gasteiger charge is 2.34. The lowest BCUT2D eigenvalue weighted by Gasteiger charge is -2.29. The molecule has 0 bridgehead atoms. The normalized spacial score (nSPS) is 20.0. The molecule has 1 heterocycles. The van der Waals surface area contributed by atoms with E-state index in [1.54, 1.807) is 0 Å². The van der Waals surface area contributed by atoms with Crippen molar-refractivity contribution < 1.29 is 18.3 Å². The molecule has 1 aliphatic rings. The number of rotatable bonds is 5. The van der Waals surface area contributed by atoms with Crippen molar-refractivity contribution in [1.82, 2.24) is 9.71 Å². The lowest BCUT2D eigenvalue weighted by Crippen LogP contribution is -2.44. The molecule has 1 aliphatic carbocycles. The van der Waals surface area contributed by atoms with Gasteiger partial charge in [-0.1, -0.05) is 30.5 Å². The number of hydrogen-bond donors (Lipinski definition) is 4. The minimum absolute atomic E-state index is 0.0502. The number of nitrogens with zero attached hydrogens (tertiary/aromatic N) is 2. The zero-order chi connectivity index (χ0) is 20.5. The van der Waals surface area contributed by atoms with E-state index < -0.39 is 28.0 Å². The Morgan fingerprint density at radius 2 is 1.96 bits per heavy atom. The van der Waals surface area contributed by atoms with Gasteiger partial charge >= 0.3 is 5.97 Å². The molecule has 1 saturated carbocycles. The van der Waals surface area contributed by atoms with Gasteiger partial charge in [-0.05, 0) is 25.0 Å². The second-order valence-corrected chi connectivity index (χ2v) is 8.75. The van der Waals surface area contributed by atoms with E-state index in [0.717, 1.165) is 12.8 Å². The van der Waals surface area contributed by atoms with Crippen molar-refractivity contribution in [1.29, 1.82) is 0 Å². The van der Waals surface area contributed by atoms with Gasteiger partial charge < -0.3 is 16.6 Å². The third-order valence-electron chi connectivity index (χ3n) is 4.72. The topological polar surface area (TPSA) is 161 Å². The van der Waals surface area contributed by atoms with E-state index in [4.69, 9.17) is 23.1 Å². The number of carboxylic acids is 1. The van der Waals surface area contributed by atoms with E-state index in [1.165, 1.54) is 24.4 Å². The number of carbonyl (C=O) groups is 1. The van der Waals surface area contributed by atoms with Crippen LogP contribution in [0.2, 0.25) is 5.02 Å². The molecule has 28 heavy (non-hydrogen) atoms. The first-order valence-electron chi connectivity index (χ1n) is 8.62. The molecule has 0 radical (unpaired) electrons. The van der Waals surface area contributed by atoms with Crippen molar-refractivity contribution in [3.05, 3.63) is 29.4 Å². The summed E-state index contributed by atoms with van der Waals surface area (Å²) in [5, 5.41) is 10.6. The predicted octanol–water partition coefficient (Wildman–Crippen LogP) is 1.71. The minimum atomic E-state index is -3.97. The number of nitrogens with two attached hydrogens (primary N) is 2. The van der Waals surface area contributed by atoms with Gasteiger partial charge in [0.15, 0.2) is 11.8 Å². The van der Waals surface area contributed by atoms with Crippen LogP contribution in [-0.2, 0) is 14.8 Å². The number of benzene rings is 1. The van der Waals surface area contributed by atoms with Gasteiger partial charge in [0.2, 0.25) is 10.0 Å². The Labute approximate surface area is 166 Å². The molecule has 0 amide bonds. The van der Waals surface area contributed by atoms with E-state index in [2.05, 4.69) is 14.7 Å². The monoisotopic (exact) mass is 425 g/mol. The van der Waals surface area contributed by atoms with Crippen molar-refractivity contribution in [3.8, 4) is 0 Å². The summed E-state index contributed by atoms with van der Waals surface area (Å²) in [6.07, 6.45) is 3.81. The summed E-state index contributed by atoms with van der Waals surface area (Å²) in [7, 11) is -3.97. The third-order valence-corrected chi connectivity index (χ3v) is 6.51. The van der Waals surface area contributed by atoms with Crippen molar-refractivity contribution in [2.45, 2.75) is 36.6 Å². The molecule has 1 fully saturated rings. The summed E-state index contributed by atoms with van der Waals surface area (Å²) in [6, 6.07) is 3.64. The molecule has 2 atom stereocenters. The second kappa shape index (κ2) is 7.90. The van der Waals surface area contributed by atoms with Gasteiger partial charge in [0.1, 0.15) is 0 Å². The first-order valence-corrected chi connectivity index (χ1v) is 10.5. The Morgan fingerprint density at radius 1 is 1.25 bits per heavy atom. The minimum Gasteiger partial charge on any atom is -0.481 e. The molecule has 1 aromatic heterocycles. The number of halogens is 1. The Hall–Kier alpha value is -2.43. The maximum absolute atomic E-state index is 12.9. The zero-order valence-corrected chi connectivity index (χ0v) is 16.4. The van der Waals surface area contributed by atoms with Crippen molar-refractivity contribution in [2.75, 3.05) is 0 Å². The molecule has 0 aliphatic heterocycles. The molecule has 150 valence electrons. The number of pyridine rings is 1. The quantitative estimate of drug-likeness (QED) is 0.418. The summed E-state index contributed by atoms with van der Waals surface area (Å²) < 4.78 is 28.3. The Bertz CT molecular complexity index is 1050. The maximum atomic E-state index is 12.9. The second-order valence-electron chi connectivity index (χ2n) is 6.63. The van der Waals surface area contributed by atoms with E-state index in [-0.39, 0.29) is 16.7 Å². The molecule has 9 nitrogen and oxygen atoms in total.